The van der Waals surface area contributed by atoms with Crippen LogP contribution in [0.5, 0.6) is 0 Å². The van der Waals surface area contributed by atoms with Crippen molar-refractivity contribution in [1.29, 1.82) is 0 Å². The number of nitrogens with one attached hydrogen (secondary N) is 1. The summed E-state index contributed by atoms with van der Waals surface area (Å²) in [5, 5.41) is 12.4. The van der Waals surface area contributed by atoms with Gasteiger partial charge in [0.2, 0.25) is 5.91 Å². The van der Waals surface area contributed by atoms with Crippen LogP contribution in [0.1, 0.15) is 27.3 Å². The number of carboxylic acids is 1. The lowest BCUT2D eigenvalue weighted by Crippen LogP contribution is -2.27. The fourth-order valence-corrected chi connectivity index (χ4v) is 2.92. The number of carbonyl (C=O) groups excluding carboxylic acids is 1. The summed E-state index contributed by atoms with van der Waals surface area (Å²) in [6.45, 7) is 4.24. The molecular weight excluding hydrogens is 326 g/mol. The molecular formula is C17H19N3O3S. The third-order valence-corrected chi connectivity index (χ3v) is 4.05. The van der Waals surface area contributed by atoms with Gasteiger partial charge in [-0.3, -0.25) is 4.79 Å². The molecule has 1 aromatic heterocycles. The average molecular weight is 345 g/mol. The first-order valence-electron chi connectivity index (χ1n) is 7.48. The summed E-state index contributed by atoms with van der Waals surface area (Å²) in [6, 6.07) is 8.59. The first-order valence-corrected chi connectivity index (χ1v) is 8.46. The van der Waals surface area contributed by atoms with E-state index in [1.165, 1.54) is 11.8 Å². The van der Waals surface area contributed by atoms with Gasteiger partial charge < -0.3 is 10.4 Å². The Hall–Kier alpha value is -2.41. The summed E-state index contributed by atoms with van der Waals surface area (Å²) < 4.78 is 0. The molecule has 2 N–H and O–H groups in total. The molecule has 0 radical (unpaired) electrons. The van der Waals surface area contributed by atoms with Crippen LogP contribution < -0.4 is 5.32 Å². The van der Waals surface area contributed by atoms with Gasteiger partial charge in [-0.2, -0.15) is 0 Å². The monoisotopic (exact) mass is 345 g/mol. The van der Waals surface area contributed by atoms with Crippen LogP contribution in [0.2, 0.25) is 0 Å². The van der Waals surface area contributed by atoms with Crippen molar-refractivity contribution >= 4 is 23.6 Å². The number of aromatic carboxylic acids is 1. The molecule has 0 spiro atoms. The van der Waals surface area contributed by atoms with Gasteiger partial charge in [0.1, 0.15) is 0 Å². The molecule has 0 atom stereocenters. The van der Waals surface area contributed by atoms with Crippen molar-refractivity contribution in [2.45, 2.75) is 25.4 Å². The van der Waals surface area contributed by atoms with Crippen LogP contribution in [0.4, 0.5) is 0 Å². The van der Waals surface area contributed by atoms with Crippen molar-refractivity contribution in [1.82, 2.24) is 15.3 Å². The molecule has 2 aromatic rings. The van der Waals surface area contributed by atoms with E-state index < -0.39 is 5.97 Å². The summed E-state index contributed by atoms with van der Waals surface area (Å²) in [4.78, 5) is 31.3. The number of aromatic nitrogens is 2. The number of thioether (sulfide) groups is 1. The molecule has 0 bridgehead atoms. The molecule has 0 aliphatic rings. The second-order valence-corrected chi connectivity index (χ2v) is 6.27. The summed E-state index contributed by atoms with van der Waals surface area (Å²) in [6.07, 6.45) is 0.581. The Morgan fingerprint density at radius 2 is 1.88 bits per heavy atom. The van der Waals surface area contributed by atoms with Crippen molar-refractivity contribution in [3.63, 3.8) is 0 Å². The maximum atomic E-state index is 11.9. The number of rotatable bonds is 7. The van der Waals surface area contributed by atoms with Crippen molar-refractivity contribution in [3.8, 4) is 0 Å². The fourth-order valence-electron chi connectivity index (χ4n) is 2.15. The second kappa shape index (κ2) is 8.44. The third-order valence-electron chi connectivity index (χ3n) is 3.20. The first-order chi connectivity index (χ1) is 11.4. The molecule has 0 saturated heterocycles. The van der Waals surface area contributed by atoms with E-state index in [0.29, 0.717) is 18.1 Å². The van der Waals surface area contributed by atoms with Gasteiger partial charge in [-0.15, -0.1) is 0 Å². The Kier molecular flexibility index (Phi) is 6.31. The average Bonchev–Trinajstić information content (AvgIpc) is 2.52. The van der Waals surface area contributed by atoms with Gasteiger partial charge in [-0.05, 0) is 44.0 Å². The maximum absolute atomic E-state index is 11.9. The van der Waals surface area contributed by atoms with E-state index >= 15 is 0 Å². The summed E-state index contributed by atoms with van der Waals surface area (Å²) in [5.74, 6) is -0.805. The Morgan fingerprint density at radius 3 is 2.54 bits per heavy atom. The normalized spacial score (nSPS) is 10.4. The quantitative estimate of drug-likeness (QED) is 0.591. The molecule has 126 valence electrons. The fraction of sp³-hybridized carbons (Fsp3) is 0.294. The largest absolute Gasteiger partial charge is 0.478 e. The highest BCUT2D eigenvalue weighted by atomic mass is 32.2. The molecule has 0 aliphatic carbocycles. The van der Waals surface area contributed by atoms with Crippen molar-refractivity contribution < 1.29 is 14.7 Å². The van der Waals surface area contributed by atoms with Crippen LogP contribution in [0.25, 0.3) is 0 Å². The Bertz CT molecular complexity index is 729. The molecule has 1 heterocycles. The highest BCUT2D eigenvalue weighted by Crippen LogP contribution is 2.13. The van der Waals surface area contributed by atoms with E-state index in [1.807, 2.05) is 26.0 Å². The van der Waals surface area contributed by atoms with Crippen LogP contribution in [-0.2, 0) is 11.2 Å². The number of nitrogens with zero attached hydrogens (tertiary/aromatic N) is 2. The number of hydrogen-bond donors (Lipinski definition) is 2. The minimum Gasteiger partial charge on any atom is -0.478 e. The van der Waals surface area contributed by atoms with Crippen LogP contribution in [0, 0.1) is 13.8 Å². The number of aryl methyl sites for hydroxylation is 2. The highest BCUT2D eigenvalue weighted by molar-refractivity contribution is 7.99. The van der Waals surface area contributed by atoms with Gasteiger partial charge in [-0.25, -0.2) is 14.8 Å². The zero-order valence-corrected chi connectivity index (χ0v) is 14.4. The van der Waals surface area contributed by atoms with Crippen LogP contribution in [-0.4, -0.2) is 39.2 Å². The predicted molar refractivity (Wildman–Crippen MR) is 92.3 cm³/mol. The van der Waals surface area contributed by atoms with E-state index in [0.717, 1.165) is 17.0 Å². The van der Waals surface area contributed by atoms with Crippen LogP contribution in [0.15, 0.2) is 35.5 Å². The van der Waals surface area contributed by atoms with Gasteiger partial charge in [0, 0.05) is 17.9 Å². The topological polar surface area (TPSA) is 92.2 Å². The second-order valence-electron chi connectivity index (χ2n) is 5.33. The predicted octanol–water partition coefficient (Wildman–Crippen LogP) is 2.24. The van der Waals surface area contributed by atoms with Gasteiger partial charge in [0.05, 0.1) is 11.3 Å². The zero-order valence-electron chi connectivity index (χ0n) is 13.6. The standard InChI is InChI=1S/C17H19N3O3S/c1-11-8-12(2)20-17(19-11)24-10-15(21)18-7-6-13-4-3-5-14(9-13)16(22)23/h3-5,8-9H,6-7,10H2,1-2H3,(H,18,21)(H,22,23). The lowest BCUT2D eigenvalue weighted by Gasteiger charge is -2.06. The smallest absolute Gasteiger partial charge is 0.335 e. The number of carbonyl (C=O) groups is 2. The van der Waals surface area contributed by atoms with Crippen molar-refractivity contribution in [2.24, 2.45) is 0 Å². The SMILES string of the molecule is Cc1cc(C)nc(SCC(=O)NCCc2cccc(C(=O)O)c2)n1. The minimum absolute atomic E-state index is 0.0999. The van der Waals surface area contributed by atoms with E-state index in [4.69, 9.17) is 5.11 Å². The molecule has 0 fully saturated rings. The number of hydrogen-bond acceptors (Lipinski definition) is 5. The molecule has 1 aromatic carbocycles. The van der Waals surface area contributed by atoms with E-state index in [9.17, 15) is 9.59 Å². The molecule has 0 saturated carbocycles. The molecule has 1 amide bonds. The lowest BCUT2D eigenvalue weighted by atomic mass is 10.1. The van der Waals surface area contributed by atoms with Gasteiger partial charge in [0.25, 0.3) is 0 Å². The molecule has 24 heavy (non-hydrogen) atoms. The van der Waals surface area contributed by atoms with Gasteiger partial charge in [-0.1, -0.05) is 23.9 Å². The molecule has 6 nitrogen and oxygen atoms in total. The Balaban J connectivity index is 1.77. The number of amides is 1. The van der Waals surface area contributed by atoms with Crippen LogP contribution >= 0.6 is 11.8 Å². The Morgan fingerprint density at radius 1 is 1.17 bits per heavy atom. The molecule has 0 aliphatic heterocycles. The number of carboxylic acid groups (broad SMARTS) is 1. The van der Waals surface area contributed by atoms with E-state index in [2.05, 4.69) is 15.3 Å². The molecule has 2 rings (SSSR count). The maximum Gasteiger partial charge on any atom is 0.335 e. The first kappa shape index (κ1) is 17.9. The molecule has 0 unspecified atom stereocenters. The lowest BCUT2D eigenvalue weighted by molar-refractivity contribution is -0.118. The molecule has 7 heteroatoms. The highest BCUT2D eigenvalue weighted by Gasteiger charge is 2.07. The van der Waals surface area contributed by atoms with E-state index in [-0.39, 0.29) is 17.2 Å². The van der Waals surface area contributed by atoms with Crippen molar-refractivity contribution in [2.75, 3.05) is 12.3 Å². The summed E-state index contributed by atoms with van der Waals surface area (Å²) >= 11 is 1.30. The Labute approximate surface area is 144 Å². The third kappa shape index (κ3) is 5.66. The van der Waals surface area contributed by atoms with E-state index in [1.54, 1.807) is 18.2 Å². The van der Waals surface area contributed by atoms with Crippen molar-refractivity contribution in [3.05, 3.63) is 52.8 Å². The summed E-state index contributed by atoms with van der Waals surface area (Å²) in [5.41, 5.74) is 2.88. The minimum atomic E-state index is -0.953. The number of benzene rings is 1. The van der Waals surface area contributed by atoms with Gasteiger partial charge in [0.15, 0.2) is 5.16 Å². The van der Waals surface area contributed by atoms with Crippen LogP contribution in [0.3, 0.4) is 0 Å². The van der Waals surface area contributed by atoms with Gasteiger partial charge >= 0.3 is 5.97 Å². The summed E-state index contributed by atoms with van der Waals surface area (Å²) in [7, 11) is 0. The zero-order chi connectivity index (χ0) is 17.5.